The minimum atomic E-state index is -0.318. The number of anilines is 1. The van der Waals surface area contributed by atoms with Crippen molar-refractivity contribution in [3.05, 3.63) is 11.8 Å². The largest absolute Gasteiger partial charge is 0.462 e. The van der Waals surface area contributed by atoms with E-state index in [9.17, 15) is 9.59 Å². The van der Waals surface area contributed by atoms with Crippen LogP contribution in [0.3, 0.4) is 0 Å². The molecular formula is C18H31N5O3S. The van der Waals surface area contributed by atoms with Crippen molar-refractivity contribution in [3.63, 3.8) is 0 Å². The summed E-state index contributed by atoms with van der Waals surface area (Å²) in [7, 11) is 0. The first kappa shape index (κ1) is 23.3. The maximum absolute atomic E-state index is 11.0. The molecule has 152 valence electrons. The third-order valence-electron chi connectivity index (χ3n) is 3.66. The van der Waals surface area contributed by atoms with Crippen LogP contribution in [0.25, 0.3) is 0 Å². The number of nitrogens with zero attached hydrogens (tertiary/aromatic N) is 3. The molecule has 2 N–H and O–H groups in total. The van der Waals surface area contributed by atoms with Crippen molar-refractivity contribution in [2.75, 3.05) is 50.8 Å². The molecule has 0 bridgehead atoms. The van der Waals surface area contributed by atoms with Gasteiger partial charge in [-0.3, -0.25) is 9.59 Å². The van der Waals surface area contributed by atoms with E-state index in [-0.39, 0.29) is 5.60 Å². The van der Waals surface area contributed by atoms with E-state index in [1.165, 1.54) is 11.8 Å². The monoisotopic (exact) mass is 397 g/mol. The molecule has 1 aliphatic heterocycles. The van der Waals surface area contributed by atoms with Crippen molar-refractivity contribution in [2.45, 2.75) is 37.9 Å². The lowest BCUT2D eigenvalue weighted by atomic mass is 10.2. The van der Waals surface area contributed by atoms with E-state index in [1.807, 2.05) is 27.0 Å². The predicted octanol–water partition coefficient (Wildman–Crippen LogP) is 1.68. The zero-order chi connectivity index (χ0) is 20.1. The molecule has 9 heteroatoms. The Hall–Kier alpha value is -1.71. The summed E-state index contributed by atoms with van der Waals surface area (Å²) < 4.78 is 4.55. The number of thioether (sulfide) groups is 1. The quantitative estimate of drug-likeness (QED) is 0.294. The molecule has 27 heavy (non-hydrogen) atoms. The van der Waals surface area contributed by atoms with E-state index in [0.29, 0.717) is 23.0 Å². The van der Waals surface area contributed by atoms with E-state index >= 15 is 0 Å². The second-order valence-corrected chi connectivity index (χ2v) is 7.75. The van der Waals surface area contributed by atoms with Crippen LogP contribution in [0, 0.1) is 0 Å². The lowest BCUT2D eigenvalue weighted by molar-refractivity contribution is -0.138. The first-order valence-electron chi connectivity index (χ1n) is 9.04. The average Bonchev–Trinajstić information content (AvgIpc) is 2.65. The molecule has 0 radical (unpaired) electrons. The van der Waals surface area contributed by atoms with Gasteiger partial charge in [0.15, 0.2) is 11.4 Å². The second-order valence-electron chi connectivity index (χ2n) is 6.98. The van der Waals surface area contributed by atoms with E-state index in [1.54, 1.807) is 6.20 Å². The zero-order valence-electron chi connectivity index (χ0n) is 16.7. The number of hydrogen-bond acceptors (Lipinski definition) is 9. The summed E-state index contributed by atoms with van der Waals surface area (Å²) in [5, 5.41) is 7.26. The Morgan fingerprint density at radius 1 is 1.33 bits per heavy atom. The lowest BCUT2D eigenvalue weighted by Gasteiger charge is -2.27. The van der Waals surface area contributed by atoms with Gasteiger partial charge in [-0.05, 0) is 40.0 Å². The van der Waals surface area contributed by atoms with Gasteiger partial charge < -0.3 is 20.3 Å². The third-order valence-corrected chi connectivity index (χ3v) is 4.22. The number of aromatic nitrogens is 2. The van der Waals surface area contributed by atoms with Gasteiger partial charge in [0.2, 0.25) is 0 Å². The van der Waals surface area contributed by atoms with Crippen LogP contribution in [0.15, 0.2) is 11.4 Å². The van der Waals surface area contributed by atoms with Crippen LogP contribution < -0.4 is 10.6 Å². The van der Waals surface area contributed by atoms with E-state index in [2.05, 4.69) is 30.2 Å². The Kier molecular flexibility index (Phi) is 10.9. The van der Waals surface area contributed by atoms with Gasteiger partial charge >= 0.3 is 0 Å². The van der Waals surface area contributed by atoms with Crippen LogP contribution in [0.5, 0.6) is 0 Å². The number of carbonyl (C=O) groups is 2. The first-order valence-corrected chi connectivity index (χ1v) is 10.3. The van der Waals surface area contributed by atoms with Crippen molar-refractivity contribution in [1.29, 1.82) is 0 Å². The summed E-state index contributed by atoms with van der Waals surface area (Å²) >= 11 is 1.47. The molecule has 2 rings (SSSR count). The number of aldehydes is 1. The molecule has 0 unspecified atom stereocenters. The third kappa shape index (κ3) is 10.3. The van der Waals surface area contributed by atoms with Crippen LogP contribution in [-0.4, -0.2) is 78.8 Å². The van der Waals surface area contributed by atoms with Crippen LogP contribution in [-0.2, 0) is 9.53 Å². The van der Waals surface area contributed by atoms with Gasteiger partial charge in [0.05, 0.1) is 5.56 Å². The van der Waals surface area contributed by atoms with Gasteiger partial charge in [0, 0.05) is 38.9 Å². The van der Waals surface area contributed by atoms with E-state index in [0.717, 1.165) is 52.0 Å². The molecule has 8 nitrogen and oxygen atoms in total. The van der Waals surface area contributed by atoms with Crippen molar-refractivity contribution >= 4 is 30.3 Å². The molecule has 1 aromatic rings. The van der Waals surface area contributed by atoms with Crippen molar-refractivity contribution < 1.29 is 14.3 Å². The Morgan fingerprint density at radius 2 is 2.04 bits per heavy atom. The fourth-order valence-corrected chi connectivity index (χ4v) is 2.63. The highest BCUT2D eigenvalue weighted by atomic mass is 32.2. The SMILES string of the molecule is CC(C)(C)OC=O.CSc1ncc(C=O)c(NCCCN2CCNCC2)n1. The average molecular weight is 398 g/mol. The highest BCUT2D eigenvalue weighted by Crippen LogP contribution is 2.14. The van der Waals surface area contributed by atoms with E-state index in [4.69, 9.17) is 0 Å². The molecule has 1 aromatic heterocycles. The minimum Gasteiger partial charge on any atom is -0.462 e. The molecule has 0 atom stereocenters. The molecule has 1 fully saturated rings. The summed E-state index contributed by atoms with van der Waals surface area (Å²) in [5.74, 6) is 0.639. The van der Waals surface area contributed by atoms with Crippen LogP contribution in [0.1, 0.15) is 37.6 Å². The molecular weight excluding hydrogens is 366 g/mol. The molecule has 0 aromatic carbocycles. The summed E-state index contributed by atoms with van der Waals surface area (Å²) in [6.07, 6.45) is 5.33. The lowest BCUT2D eigenvalue weighted by Crippen LogP contribution is -2.44. The van der Waals surface area contributed by atoms with Crippen molar-refractivity contribution in [1.82, 2.24) is 20.2 Å². The van der Waals surface area contributed by atoms with Crippen LogP contribution >= 0.6 is 11.8 Å². The second kappa shape index (κ2) is 12.6. The molecule has 2 heterocycles. The Bertz CT molecular complexity index is 575. The smallest absolute Gasteiger partial charge is 0.293 e. The first-order chi connectivity index (χ1) is 12.9. The summed E-state index contributed by atoms with van der Waals surface area (Å²) in [6, 6.07) is 0. The van der Waals surface area contributed by atoms with Gasteiger partial charge in [-0.2, -0.15) is 0 Å². The number of ether oxygens (including phenoxy) is 1. The van der Waals surface area contributed by atoms with Gasteiger partial charge in [0.25, 0.3) is 6.47 Å². The van der Waals surface area contributed by atoms with Crippen molar-refractivity contribution in [2.24, 2.45) is 0 Å². The summed E-state index contributed by atoms with van der Waals surface area (Å²) in [4.78, 5) is 31.4. The van der Waals surface area contributed by atoms with Gasteiger partial charge in [-0.15, -0.1) is 0 Å². The number of rotatable bonds is 8. The van der Waals surface area contributed by atoms with Gasteiger partial charge in [-0.1, -0.05) is 11.8 Å². The maximum Gasteiger partial charge on any atom is 0.293 e. The summed E-state index contributed by atoms with van der Waals surface area (Å²) in [6.45, 7) is 12.2. The van der Waals surface area contributed by atoms with Gasteiger partial charge in [-0.25, -0.2) is 9.97 Å². The zero-order valence-corrected chi connectivity index (χ0v) is 17.5. The van der Waals surface area contributed by atoms with Crippen LogP contribution in [0.4, 0.5) is 5.82 Å². The molecule has 0 spiro atoms. The fourth-order valence-electron chi connectivity index (χ4n) is 2.29. The number of piperazine rings is 1. The Labute approximate surface area is 165 Å². The predicted molar refractivity (Wildman–Crippen MR) is 109 cm³/mol. The molecule has 1 aliphatic rings. The number of nitrogens with one attached hydrogen (secondary N) is 2. The Balaban J connectivity index is 0.000000445. The van der Waals surface area contributed by atoms with Crippen LogP contribution in [0.2, 0.25) is 0 Å². The van der Waals surface area contributed by atoms with Gasteiger partial charge in [0.1, 0.15) is 11.4 Å². The standard InChI is InChI=1S/C13H21N5OS.C5H10O2/c1-20-13-16-9-11(10-19)12(17-13)15-3-2-6-18-7-4-14-5-8-18;1-5(2,3)7-4-6/h9-10,14H,2-8H2,1H3,(H,15,16,17);4H,1-3H3. The highest BCUT2D eigenvalue weighted by Gasteiger charge is 2.09. The normalized spacial score (nSPS) is 14.7. The fraction of sp³-hybridized carbons (Fsp3) is 0.667. The topological polar surface area (TPSA) is 96.4 Å². The van der Waals surface area contributed by atoms with E-state index < -0.39 is 0 Å². The van der Waals surface area contributed by atoms with Crippen molar-refractivity contribution in [3.8, 4) is 0 Å². The number of carbonyl (C=O) groups excluding carboxylic acids is 2. The molecule has 0 aliphatic carbocycles. The molecule has 0 saturated carbocycles. The minimum absolute atomic E-state index is 0.318. The highest BCUT2D eigenvalue weighted by molar-refractivity contribution is 7.98. The molecule has 1 saturated heterocycles. The number of hydrogen-bond donors (Lipinski definition) is 2. The molecule has 0 amide bonds. The maximum atomic E-state index is 11.0. The summed E-state index contributed by atoms with van der Waals surface area (Å²) in [5.41, 5.74) is 0.201. The Morgan fingerprint density at radius 3 is 2.56 bits per heavy atom.